The zero-order valence-corrected chi connectivity index (χ0v) is 34.4. The minimum absolute atomic E-state index is 0.148. The molecule has 2 fully saturated rings. The third-order valence-electron chi connectivity index (χ3n) is 10.5. The third-order valence-corrected chi connectivity index (χ3v) is 10.5. The van der Waals surface area contributed by atoms with Crippen LogP contribution in [-0.2, 0) is 29.5 Å². The SMILES string of the molecule is CCc1cc(Oc2ccc(NC(=O)N3CCC(C)(C)C3=O)nc2C)ccn1.Cc1nc(NC(=O)N2CCC(C)(C)C2=O)ccc1Cc1ccnc(-c2ccn(C)c2)c1. The Morgan fingerprint density at radius 3 is 1.91 bits per heavy atom. The summed E-state index contributed by atoms with van der Waals surface area (Å²) in [4.78, 5) is 69.7. The Kier molecular flexibility index (Phi) is 12.1. The molecule has 0 radical (unpaired) electrons. The normalized spacial score (nSPS) is 15.5. The maximum atomic E-state index is 12.5. The summed E-state index contributed by atoms with van der Waals surface area (Å²) in [6.45, 7) is 14.0. The smallest absolute Gasteiger partial charge is 0.329 e. The topological polar surface area (TPSA) is 165 Å². The van der Waals surface area contributed by atoms with Gasteiger partial charge >= 0.3 is 12.1 Å². The molecule has 0 aromatic carbocycles. The van der Waals surface area contributed by atoms with Crippen LogP contribution in [-0.4, -0.2) is 71.3 Å². The number of urea groups is 2. The van der Waals surface area contributed by atoms with Gasteiger partial charge in [0.2, 0.25) is 11.8 Å². The van der Waals surface area contributed by atoms with Crippen molar-refractivity contribution in [1.82, 2.24) is 34.3 Å². The van der Waals surface area contributed by atoms with Gasteiger partial charge in [0.15, 0.2) is 0 Å². The lowest BCUT2D eigenvalue weighted by Crippen LogP contribution is -2.39. The number of ether oxygens (including phenoxy) is 1. The molecule has 5 aromatic heterocycles. The van der Waals surface area contributed by atoms with Crippen molar-refractivity contribution in [3.8, 4) is 22.8 Å². The Hall–Kier alpha value is -6.44. The number of carbonyl (C=O) groups is 4. The number of pyridine rings is 4. The lowest BCUT2D eigenvalue weighted by Gasteiger charge is -2.18. The van der Waals surface area contributed by atoms with E-state index in [-0.39, 0.29) is 11.8 Å². The molecule has 2 aliphatic rings. The van der Waals surface area contributed by atoms with E-state index in [1.165, 1.54) is 9.80 Å². The van der Waals surface area contributed by atoms with Crippen molar-refractivity contribution >= 4 is 35.5 Å². The molecule has 5 aromatic rings. The first-order chi connectivity index (χ1) is 27.5. The molecular formula is C44H51N9O5. The molecule has 0 aliphatic carbocycles. The number of carbonyl (C=O) groups excluding carboxylic acids is 4. The minimum Gasteiger partial charge on any atom is -0.455 e. The van der Waals surface area contributed by atoms with Crippen molar-refractivity contribution in [2.24, 2.45) is 17.9 Å². The predicted octanol–water partition coefficient (Wildman–Crippen LogP) is 8.10. The van der Waals surface area contributed by atoms with E-state index in [0.717, 1.165) is 40.2 Å². The van der Waals surface area contributed by atoms with Crippen molar-refractivity contribution in [3.63, 3.8) is 0 Å². The Morgan fingerprint density at radius 1 is 0.776 bits per heavy atom. The zero-order chi connectivity index (χ0) is 41.8. The first kappa shape index (κ1) is 41.2. The van der Waals surface area contributed by atoms with Gasteiger partial charge in [-0.3, -0.25) is 40.0 Å². The number of nitrogens with one attached hydrogen (secondary N) is 2. The van der Waals surface area contributed by atoms with Crippen LogP contribution < -0.4 is 15.4 Å². The molecule has 58 heavy (non-hydrogen) atoms. The molecule has 14 nitrogen and oxygen atoms in total. The molecular weight excluding hydrogens is 735 g/mol. The van der Waals surface area contributed by atoms with E-state index in [0.29, 0.717) is 61.2 Å². The Morgan fingerprint density at radius 2 is 1.38 bits per heavy atom. The van der Waals surface area contributed by atoms with Crippen LogP contribution in [0.4, 0.5) is 21.2 Å². The predicted molar refractivity (Wildman–Crippen MR) is 221 cm³/mol. The lowest BCUT2D eigenvalue weighted by molar-refractivity contribution is -0.132. The standard InChI is InChI=1S/C24H27N5O2.C20H24N4O3/c1-16-18(13-17-7-10-25-20(14-17)19-8-11-28(4)15-19)5-6-21(26-16)27-23(31)29-12-9-24(2,3)22(29)30;1-5-14-12-15(8-10-21-14)27-16-6-7-17(22-13(16)2)23-19(26)24-11-9-20(3,4)18(24)25/h5-8,10-11,14-15H,9,12-13H2,1-4H3,(H,26,27,31);6-8,10,12H,5,9,11H2,1-4H3,(H,22,23,26). The van der Waals surface area contributed by atoms with Gasteiger partial charge in [-0.1, -0.05) is 40.7 Å². The van der Waals surface area contributed by atoms with Crippen molar-refractivity contribution in [2.75, 3.05) is 23.7 Å². The summed E-state index contributed by atoms with van der Waals surface area (Å²) in [5.74, 6) is 1.80. The molecule has 0 spiro atoms. The highest BCUT2D eigenvalue weighted by Crippen LogP contribution is 2.32. The summed E-state index contributed by atoms with van der Waals surface area (Å²) < 4.78 is 7.88. The van der Waals surface area contributed by atoms with E-state index < -0.39 is 22.9 Å². The largest absolute Gasteiger partial charge is 0.455 e. The fraction of sp³-hybridized carbons (Fsp3) is 0.364. The highest BCUT2D eigenvalue weighted by molar-refractivity contribution is 6.04. The van der Waals surface area contributed by atoms with E-state index in [2.05, 4.69) is 36.6 Å². The van der Waals surface area contributed by atoms with E-state index in [1.54, 1.807) is 37.4 Å². The fourth-order valence-corrected chi connectivity index (χ4v) is 6.70. The number of aromatic nitrogens is 5. The molecule has 0 saturated carbocycles. The van der Waals surface area contributed by atoms with E-state index in [9.17, 15) is 19.2 Å². The van der Waals surface area contributed by atoms with Gasteiger partial charge in [0.05, 0.1) is 11.4 Å². The van der Waals surface area contributed by atoms with Crippen molar-refractivity contribution in [2.45, 2.75) is 74.1 Å². The monoisotopic (exact) mass is 785 g/mol. The van der Waals surface area contributed by atoms with Gasteiger partial charge in [0, 0.05) is 78.8 Å². The van der Waals surface area contributed by atoms with Gasteiger partial charge in [-0.25, -0.2) is 19.6 Å². The molecule has 7 heterocycles. The number of rotatable bonds is 8. The molecule has 0 bridgehead atoms. The van der Waals surface area contributed by atoms with Crippen LogP contribution in [0, 0.1) is 24.7 Å². The van der Waals surface area contributed by atoms with Crippen molar-refractivity contribution in [3.05, 3.63) is 108 Å². The summed E-state index contributed by atoms with van der Waals surface area (Å²) in [7, 11) is 1.99. The quantitative estimate of drug-likeness (QED) is 0.158. The molecule has 2 aliphatic heterocycles. The Balaban J connectivity index is 0.000000198. The Labute approximate surface area is 339 Å². The number of imide groups is 2. The maximum Gasteiger partial charge on any atom is 0.329 e. The Bertz CT molecular complexity index is 2350. The summed E-state index contributed by atoms with van der Waals surface area (Å²) >= 11 is 0. The van der Waals surface area contributed by atoms with Crippen LogP contribution >= 0.6 is 0 Å². The van der Waals surface area contributed by atoms with Gasteiger partial charge in [-0.05, 0) is 93.1 Å². The molecule has 7 rings (SSSR count). The fourth-order valence-electron chi connectivity index (χ4n) is 6.70. The van der Waals surface area contributed by atoms with Crippen molar-refractivity contribution < 1.29 is 23.9 Å². The van der Waals surface area contributed by atoms with Gasteiger partial charge in [-0.15, -0.1) is 0 Å². The molecule has 14 heteroatoms. The number of amides is 6. The van der Waals surface area contributed by atoms with Crippen LogP contribution in [0.3, 0.4) is 0 Å². The van der Waals surface area contributed by atoms with Crippen LogP contribution in [0.5, 0.6) is 11.5 Å². The van der Waals surface area contributed by atoms with Crippen LogP contribution in [0.15, 0.2) is 79.4 Å². The summed E-state index contributed by atoms with van der Waals surface area (Å²) in [5.41, 5.74) is 5.65. The summed E-state index contributed by atoms with van der Waals surface area (Å²) in [5, 5.41) is 5.45. The van der Waals surface area contributed by atoms with Gasteiger partial charge in [0.1, 0.15) is 23.1 Å². The average molecular weight is 786 g/mol. The second-order valence-corrected chi connectivity index (χ2v) is 16.0. The average Bonchev–Trinajstić information content (AvgIpc) is 3.83. The third kappa shape index (κ3) is 9.56. The molecule has 0 atom stereocenters. The highest BCUT2D eigenvalue weighted by atomic mass is 16.5. The molecule has 0 unspecified atom stereocenters. The second kappa shape index (κ2) is 17.0. The lowest BCUT2D eigenvalue weighted by atomic mass is 9.92. The van der Waals surface area contributed by atoms with Crippen LogP contribution in [0.2, 0.25) is 0 Å². The second-order valence-electron chi connectivity index (χ2n) is 16.0. The number of aryl methyl sites for hydroxylation is 4. The number of hydrogen-bond donors (Lipinski definition) is 2. The molecule has 2 saturated heterocycles. The zero-order valence-electron chi connectivity index (χ0n) is 34.4. The van der Waals surface area contributed by atoms with E-state index >= 15 is 0 Å². The van der Waals surface area contributed by atoms with Crippen LogP contribution in [0.25, 0.3) is 11.3 Å². The van der Waals surface area contributed by atoms with Gasteiger partial charge in [-0.2, -0.15) is 0 Å². The van der Waals surface area contributed by atoms with E-state index in [4.69, 9.17) is 4.74 Å². The molecule has 302 valence electrons. The summed E-state index contributed by atoms with van der Waals surface area (Å²) in [6.07, 6.45) is 10.4. The first-order valence-corrected chi connectivity index (χ1v) is 19.4. The maximum absolute atomic E-state index is 12.5. The number of hydrogen-bond acceptors (Lipinski definition) is 9. The van der Waals surface area contributed by atoms with Gasteiger partial charge < -0.3 is 9.30 Å². The number of likely N-dealkylation sites (tertiary alicyclic amines) is 2. The molecule has 6 amide bonds. The first-order valence-electron chi connectivity index (χ1n) is 19.4. The number of nitrogens with zero attached hydrogens (tertiary/aromatic N) is 7. The van der Waals surface area contributed by atoms with Crippen LogP contribution in [0.1, 0.15) is 75.7 Å². The van der Waals surface area contributed by atoms with Gasteiger partial charge in [0.25, 0.3) is 0 Å². The number of anilines is 2. The highest BCUT2D eigenvalue weighted by Gasteiger charge is 2.42. The van der Waals surface area contributed by atoms with Crippen molar-refractivity contribution in [1.29, 1.82) is 0 Å². The summed E-state index contributed by atoms with van der Waals surface area (Å²) in [6, 6.07) is 16.1. The molecule has 2 N–H and O–H groups in total. The minimum atomic E-state index is -0.500. The van der Waals surface area contributed by atoms with E-state index in [1.807, 2.05) is 96.0 Å².